The number of benzene rings is 2. The number of anilines is 1. The van der Waals surface area contributed by atoms with E-state index in [1.165, 1.54) is 19.2 Å². The van der Waals surface area contributed by atoms with Crippen LogP contribution >= 0.6 is 0 Å². The van der Waals surface area contributed by atoms with Crippen molar-refractivity contribution in [1.82, 2.24) is 9.78 Å². The molecule has 1 amide bonds. The van der Waals surface area contributed by atoms with Crippen molar-refractivity contribution in [2.24, 2.45) is 0 Å². The van der Waals surface area contributed by atoms with Gasteiger partial charge in [-0.05, 0) is 25.1 Å². The summed E-state index contributed by atoms with van der Waals surface area (Å²) in [5, 5.41) is 28.5. The van der Waals surface area contributed by atoms with Crippen LogP contribution in [0, 0.1) is 38.8 Å². The number of hydrogen-bond donors (Lipinski definition) is 1. The third-order valence-corrected chi connectivity index (χ3v) is 4.12. The number of nitro benzene ring substituents is 2. The van der Waals surface area contributed by atoms with Crippen molar-refractivity contribution in [2.75, 3.05) is 5.32 Å². The van der Waals surface area contributed by atoms with Crippen molar-refractivity contribution >= 4 is 23.0 Å². The summed E-state index contributed by atoms with van der Waals surface area (Å²) in [7, 11) is 0. The van der Waals surface area contributed by atoms with Crippen molar-refractivity contribution in [2.45, 2.75) is 13.7 Å². The van der Waals surface area contributed by atoms with E-state index in [0.717, 1.165) is 28.9 Å². The van der Waals surface area contributed by atoms with E-state index >= 15 is 0 Å². The number of carbonyl (C=O) groups is 1. The quantitative estimate of drug-likeness (QED) is 0.443. The minimum atomic E-state index is -0.910. The predicted octanol–water partition coefficient (Wildman–Crippen LogP) is 3.57. The van der Waals surface area contributed by atoms with Crippen molar-refractivity contribution in [3.05, 3.63) is 85.7 Å². The molecule has 2 aromatic carbocycles. The molecule has 0 aliphatic rings. The molecule has 3 rings (SSSR count). The van der Waals surface area contributed by atoms with Crippen LogP contribution in [0.1, 0.15) is 16.1 Å². The highest BCUT2D eigenvalue weighted by atomic mass is 19.1. The van der Waals surface area contributed by atoms with E-state index in [4.69, 9.17) is 4.74 Å². The SMILES string of the molecule is Cc1c([N+](=O)[O-])cc(NC(=O)c2ccn(COc3ccc(F)cc3F)n2)cc1[N+](=O)[O-]. The first-order valence-electron chi connectivity index (χ1n) is 8.52. The summed E-state index contributed by atoms with van der Waals surface area (Å²) < 4.78 is 32.8. The first-order chi connectivity index (χ1) is 14.7. The number of aromatic nitrogens is 2. The normalized spacial score (nSPS) is 10.5. The van der Waals surface area contributed by atoms with Crippen LogP contribution in [0.2, 0.25) is 0 Å². The van der Waals surface area contributed by atoms with Crippen molar-refractivity contribution in [1.29, 1.82) is 0 Å². The lowest BCUT2D eigenvalue weighted by molar-refractivity contribution is -0.395. The van der Waals surface area contributed by atoms with Gasteiger partial charge in [0.05, 0.1) is 15.5 Å². The molecule has 13 heteroatoms. The third kappa shape index (κ3) is 4.77. The molecule has 0 saturated heterocycles. The second-order valence-electron chi connectivity index (χ2n) is 6.20. The van der Waals surface area contributed by atoms with Gasteiger partial charge in [-0.1, -0.05) is 0 Å². The number of nitrogens with zero attached hydrogens (tertiary/aromatic N) is 4. The fourth-order valence-electron chi connectivity index (χ4n) is 2.61. The topological polar surface area (TPSA) is 142 Å². The van der Waals surface area contributed by atoms with Gasteiger partial charge in [-0.3, -0.25) is 25.0 Å². The van der Waals surface area contributed by atoms with Gasteiger partial charge < -0.3 is 10.1 Å². The molecule has 11 nitrogen and oxygen atoms in total. The number of nitro groups is 2. The highest BCUT2D eigenvalue weighted by molar-refractivity contribution is 6.03. The van der Waals surface area contributed by atoms with E-state index in [9.17, 15) is 33.8 Å². The average Bonchev–Trinajstić information content (AvgIpc) is 3.17. The zero-order chi connectivity index (χ0) is 22.7. The molecule has 1 heterocycles. The second kappa shape index (κ2) is 8.52. The molecule has 0 bridgehead atoms. The third-order valence-electron chi connectivity index (χ3n) is 4.12. The largest absolute Gasteiger partial charge is 0.468 e. The van der Waals surface area contributed by atoms with E-state index in [0.29, 0.717) is 6.07 Å². The van der Waals surface area contributed by atoms with Gasteiger partial charge >= 0.3 is 0 Å². The van der Waals surface area contributed by atoms with Crippen LogP contribution in [0.3, 0.4) is 0 Å². The molecule has 0 atom stereocenters. The Balaban J connectivity index is 1.74. The Hall–Kier alpha value is -4.42. The summed E-state index contributed by atoms with van der Waals surface area (Å²) in [4.78, 5) is 33.1. The maximum atomic E-state index is 13.6. The Morgan fingerprint density at radius 1 is 1.13 bits per heavy atom. The Morgan fingerprint density at radius 3 is 2.35 bits per heavy atom. The summed E-state index contributed by atoms with van der Waals surface area (Å²) in [5.41, 5.74) is -1.49. The van der Waals surface area contributed by atoms with E-state index in [-0.39, 0.29) is 29.4 Å². The Labute approximate surface area is 172 Å². The molecule has 160 valence electrons. The van der Waals surface area contributed by atoms with Gasteiger partial charge in [0.25, 0.3) is 17.3 Å². The Kier molecular flexibility index (Phi) is 5.85. The van der Waals surface area contributed by atoms with E-state index in [2.05, 4.69) is 10.4 Å². The van der Waals surface area contributed by atoms with Crippen LogP contribution in [0.25, 0.3) is 0 Å². The predicted molar refractivity (Wildman–Crippen MR) is 102 cm³/mol. The molecule has 0 unspecified atom stereocenters. The lowest BCUT2D eigenvalue weighted by Gasteiger charge is -2.07. The van der Waals surface area contributed by atoms with Crippen LogP contribution in [-0.2, 0) is 6.73 Å². The summed E-state index contributed by atoms with van der Waals surface area (Å²) in [5.74, 6) is -2.69. The van der Waals surface area contributed by atoms with Crippen LogP contribution < -0.4 is 10.1 Å². The highest BCUT2D eigenvalue weighted by Gasteiger charge is 2.24. The molecule has 1 N–H and O–H groups in total. The first-order valence-corrected chi connectivity index (χ1v) is 8.52. The molecule has 0 aliphatic carbocycles. The number of rotatable bonds is 7. The number of nitrogens with one attached hydrogen (secondary N) is 1. The lowest BCUT2D eigenvalue weighted by atomic mass is 10.1. The maximum Gasteiger partial charge on any atom is 0.281 e. The van der Waals surface area contributed by atoms with Gasteiger partial charge in [0, 0.05) is 24.4 Å². The van der Waals surface area contributed by atoms with Gasteiger partial charge in [0.2, 0.25) is 0 Å². The number of halogens is 2. The van der Waals surface area contributed by atoms with Gasteiger partial charge in [0.1, 0.15) is 11.4 Å². The number of hydrogen-bond acceptors (Lipinski definition) is 7. The van der Waals surface area contributed by atoms with E-state index < -0.39 is 38.8 Å². The minimum absolute atomic E-state index is 0.131. The van der Waals surface area contributed by atoms with Gasteiger partial charge in [-0.25, -0.2) is 13.5 Å². The summed E-state index contributed by atoms with van der Waals surface area (Å²) >= 11 is 0. The minimum Gasteiger partial charge on any atom is -0.468 e. The number of amides is 1. The Morgan fingerprint density at radius 2 is 1.77 bits per heavy atom. The summed E-state index contributed by atoms with van der Waals surface area (Å²) in [6, 6.07) is 6.04. The summed E-state index contributed by atoms with van der Waals surface area (Å²) in [6.45, 7) is 0.935. The second-order valence-corrected chi connectivity index (χ2v) is 6.20. The first kappa shape index (κ1) is 21.3. The molecule has 0 saturated carbocycles. The molecule has 0 aliphatic heterocycles. The Bertz CT molecular complexity index is 1160. The molecule has 0 radical (unpaired) electrons. The number of ether oxygens (including phenoxy) is 1. The molecule has 1 aromatic heterocycles. The molecule has 0 spiro atoms. The maximum absolute atomic E-state index is 13.6. The molecule has 3 aromatic rings. The van der Waals surface area contributed by atoms with E-state index in [1.54, 1.807) is 0 Å². The number of carbonyl (C=O) groups excluding carboxylic acids is 1. The van der Waals surface area contributed by atoms with E-state index in [1.807, 2.05) is 0 Å². The molecule has 31 heavy (non-hydrogen) atoms. The average molecular weight is 433 g/mol. The van der Waals surface area contributed by atoms with Crippen LogP contribution in [0.5, 0.6) is 5.75 Å². The van der Waals surface area contributed by atoms with Crippen molar-refractivity contribution in [3.8, 4) is 5.75 Å². The standard InChI is InChI=1S/C18H13F2N5O6/c1-10-15(24(27)28)7-12(8-16(10)25(29)30)21-18(26)14-4-5-23(22-14)9-31-17-3-2-11(19)6-13(17)20/h2-8H,9H2,1H3,(H,21,26). The van der Waals surface area contributed by atoms with Crippen molar-refractivity contribution < 1.29 is 28.2 Å². The molecular formula is C18H13F2N5O6. The van der Waals surface area contributed by atoms with Crippen LogP contribution in [0.15, 0.2) is 42.6 Å². The van der Waals surface area contributed by atoms with Gasteiger partial charge in [-0.15, -0.1) is 0 Å². The monoisotopic (exact) mass is 433 g/mol. The van der Waals surface area contributed by atoms with Gasteiger partial charge in [0.15, 0.2) is 24.0 Å². The van der Waals surface area contributed by atoms with Crippen LogP contribution in [0.4, 0.5) is 25.8 Å². The fraction of sp³-hybridized carbons (Fsp3) is 0.111. The van der Waals surface area contributed by atoms with Crippen molar-refractivity contribution in [3.63, 3.8) is 0 Å². The zero-order valence-corrected chi connectivity index (χ0v) is 15.7. The van der Waals surface area contributed by atoms with Crippen LogP contribution in [-0.4, -0.2) is 25.5 Å². The lowest BCUT2D eigenvalue weighted by Crippen LogP contribution is -2.15. The fourth-order valence-corrected chi connectivity index (χ4v) is 2.61. The molecular weight excluding hydrogens is 420 g/mol. The highest BCUT2D eigenvalue weighted by Crippen LogP contribution is 2.31. The summed E-state index contributed by atoms with van der Waals surface area (Å²) in [6.07, 6.45) is 1.34. The zero-order valence-electron chi connectivity index (χ0n) is 15.7. The smallest absolute Gasteiger partial charge is 0.281 e. The molecule has 0 fully saturated rings. The van der Waals surface area contributed by atoms with Gasteiger partial charge in [-0.2, -0.15) is 5.10 Å².